The summed E-state index contributed by atoms with van der Waals surface area (Å²) in [6.45, 7) is 2.18. The maximum absolute atomic E-state index is 11.2. The zero-order chi connectivity index (χ0) is 25.8. The van der Waals surface area contributed by atoms with Crippen LogP contribution in [0, 0.1) is 0 Å². The fourth-order valence-corrected chi connectivity index (χ4v) is 4.11. The van der Waals surface area contributed by atoms with Crippen molar-refractivity contribution in [2.75, 3.05) is 28.4 Å². The number of rotatable bonds is 21. The second kappa shape index (κ2) is 19.3. The van der Waals surface area contributed by atoms with Gasteiger partial charge in [-0.25, -0.2) is 4.79 Å². The van der Waals surface area contributed by atoms with E-state index in [2.05, 4.69) is 11.7 Å². The fourth-order valence-electron chi connectivity index (χ4n) is 4.11. The summed E-state index contributed by atoms with van der Waals surface area (Å²) >= 11 is 0. The Kier molecular flexibility index (Phi) is 17.2. The number of carbonyl (C=O) groups excluding carboxylic acids is 1. The van der Waals surface area contributed by atoms with Gasteiger partial charge in [0.25, 0.3) is 5.97 Å². The van der Waals surface area contributed by atoms with E-state index in [0.29, 0.717) is 0 Å². The lowest BCUT2D eigenvalue weighted by Crippen LogP contribution is -2.35. The molecule has 0 radical (unpaired) electrons. The van der Waals surface area contributed by atoms with Crippen molar-refractivity contribution in [1.29, 1.82) is 0 Å². The van der Waals surface area contributed by atoms with Gasteiger partial charge in [-0.15, -0.1) is 0 Å². The van der Waals surface area contributed by atoms with Crippen LogP contribution in [0.3, 0.4) is 0 Å². The van der Waals surface area contributed by atoms with Crippen molar-refractivity contribution in [1.82, 2.24) is 0 Å². The van der Waals surface area contributed by atoms with Gasteiger partial charge in [0.05, 0.1) is 13.2 Å². The van der Waals surface area contributed by atoms with E-state index in [4.69, 9.17) is 18.9 Å². The Morgan fingerprint density at radius 1 is 0.800 bits per heavy atom. The lowest BCUT2D eigenvalue weighted by molar-refractivity contribution is -0.355. The molecule has 0 aliphatic heterocycles. The average molecular weight is 493 g/mol. The maximum Gasteiger partial charge on any atom is 0.330 e. The highest BCUT2D eigenvalue weighted by molar-refractivity contribution is 5.86. The first-order valence-corrected chi connectivity index (χ1v) is 13.2. The van der Waals surface area contributed by atoms with E-state index in [1.807, 2.05) is 24.3 Å². The van der Waals surface area contributed by atoms with Gasteiger partial charge in [0.15, 0.2) is 0 Å². The molecule has 0 amide bonds. The summed E-state index contributed by atoms with van der Waals surface area (Å²) in [5, 5.41) is 0. The largest absolute Gasteiger partial charge is 0.490 e. The van der Waals surface area contributed by atoms with Gasteiger partial charge in [-0.1, -0.05) is 70.4 Å². The third-order valence-corrected chi connectivity index (χ3v) is 6.44. The summed E-state index contributed by atoms with van der Waals surface area (Å²) in [4.78, 5) is 11.2. The van der Waals surface area contributed by atoms with E-state index in [1.54, 1.807) is 27.4 Å². The Morgan fingerprint density at radius 2 is 1.31 bits per heavy atom. The molecule has 6 nitrogen and oxygen atoms in total. The van der Waals surface area contributed by atoms with E-state index in [-0.39, 0.29) is 12.1 Å². The molecule has 0 spiro atoms. The van der Waals surface area contributed by atoms with Crippen molar-refractivity contribution >= 4 is 12.0 Å². The average Bonchev–Trinajstić information content (AvgIpc) is 2.90. The van der Waals surface area contributed by atoms with Crippen molar-refractivity contribution in [2.45, 2.75) is 102 Å². The number of benzene rings is 1. The normalized spacial score (nSPS) is 12.7. The predicted octanol–water partition coefficient (Wildman–Crippen LogP) is 7.30. The van der Waals surface area contributed by atoms with E-state index in [0.717, 1.165) is 37.0 Å². The Balaban J connectivity index is 2.08. The van der Waals surface area contributed by atoms with E-state index < -0.39 is 5.97 Å². The molecule has 1 atom stereocenters. The molecule has 0 saturated carbocycles. The molecule has 1 unspecified atom stereocenters. The minimum Gasteiger partial charge on any atom is -0.490 e. The minimum atomic E-state index is -0.878. The summed E-state index contributed by atoms with van der Waals surface area (Å²) in [5.74, 6) is -0.354. The first-order valence-electron chi connectivity index (χ1n) is 13.2. The molecule has 0 aromatic heterocycles. The van der Waals surface area contributed by atoms with Crippen molar-refractivity contribution < 1.29 is 28.5 Å². The second-order valence-corrected chi connectivity index (χ2v) is 8.94. The van der Waals surface area contributed by atoms with Crippen LogP contribution in [0.25, 0.3) is 6.08 Å². The first kappa shape index (κ1) is 31.1. The molecule has 200 valence electrons. The van der Waals surface area contributed by atoms with Gasteiger partial charge >= 0.3 is 5.97 Å². The number of ether oxygens (including phenoxy) is 5. The van der Waals surface area contributed by atoms with Gasteiger partial charge in [-0.05, 0) is 49.5 Å². The minimum absolute atomic E-state index is 0.250. The molecular formula is C29H48O6. The molecule has 1 aromatic rings. The Hall–Kier alpha value is -1.89. The van der Waals surface area contributed by atoms with Crippen LogP contribution in [-0.2, 0) is 23.7 Å². The van der Waals surface area contributed by atoms with E-state index in [1.165, 1.54) is 71.0 Å². The Bertz CT molecular complexity index is 673. The van der Waals surface area contributed by atoms with Crippen LogP contribution in [0.4, 0.5) is 0 Å². The molecule has 0 N–H and O–H groups in total. The van der Waals surface area contributed by atoms with Gasteiger partial charge in [-0.2, -0.15) is 0 Å². The molecule has 0 fully saturated rings. The molecular weight excluding hydrogens is 444 g/mol. The van der Waals surface area contributed by atoms with Crippen LogP contribution >= 0.6 is 0 Å². The highest BCUT2D eigenvalue weighted by atomic mass is 16.9. The monoisotopic (exact) mass is 492 g/mol. The maximum atomic E-state index is 11.2. The van der Waals surface area contributed by atoms with Gasteiger partial charge < -0.3 is 23.7 Å². The van der Waals surface area contributed by atoms with E-state index >= 15 is 0 Å². The molecule has 1 rings (SSSR count). The molecule has 35 heavy (non-hydrogen) atoms. The lowest BCUT2D eigenvalue weighted by Gasteiger charge is -2.28. The van der Waals surface area contributed by atoms with Crippen LogP contribution < -0.4 is 4.74 Å². The molecule has 6 heteroatoms. The highest BCUT2D eigenvalue weighted by Gasteiger charge is 2.28. The van der Waals surface area contributed by atoms with Gasteiger partial charge in [0.2, 0.25) is 0 Å². The fraction of sp³-hybridized carbons (Fsp3) is 0.690. The summed E-state index contributed by atoms with van der Waals surface area (Å²) in [5.41, 5.74) is 0.945. The molecule has 0 aliphatic rings. The Labute approximate surface area is 213 Å². The molecule has 0 saturated heterocycles. The summed E-state index contributed by atoms with van der Waals surface area (Å²) < 4.78 is 26.8. The van der Waals surface area contributed by atoms with Gasteiger partial charge in [-0.3, -0.25) is 0 Å². The number of methoxy groups -OCH3 is 4. The first-order chi connectivity index (χ1) is 17.0. The number of hydrogen-bond acceptors (Lipinski definition) is 6. The number of carbonyl (C=O) groups is 1. The third-order valence-electron chi connectivity index (χ3n) is 6.44. The number of hydrogen-bond donors (Lipinski definition) is 0. The topological polar surface area (TPSA) is 63.2 Å². The van der Waals surface area contributed by atoms with Crippen LogP contribution in [-0.4, -0.2) is 46.5 Å². The van der Waals surface area contributed by atoms with Crippen molar-refractivity contribution in [2.24, 2.45) is 0 Å². The van der Waals surface area contributed by atoms with E-state index in [9.17, 15) is 4.79 Å². The van der Waals surface area contributed by atoms with Gasteiger partial charge in [0, 0.05) is 33.8 Å². The summed E-state index contributed by atoms with van der Waals surface area (Å²) in [7, 11) is 6.24. The third kappa shape index (κ3) is 13.7. The summed E-state index contributed by atoms with van der Waals surface area (Å²) in [6, 6.07) is 7.83. The second-order valence-electron chi connectivity index (χ2n) is 8.94. The molecule has 0 aliphatic carbocycles. The van der Waals surface area contributed by atoms with Crippen LogP contribution in [0.2, 0.25) is 0 Å². The van der Waals surface area contributed by atoms with Crippen LogP contribution in [0.5, 0.6) is 5.75 Å². The number of esters is 1. The SMILES string of the molecule is CCC(CCCCCCCCCCCCC(OC)(OC)OC)Oc1ccc(C=CC(=O)OC)cc1. The molecule has 0 heterocycles. The molecule has 1 aromatic carbocycles. The van der Waals surface area contributed by atoms with Crippen molar-refractivity contribution in [3.63, 3.8) is 0 Å². The summed E-state index contributed by atoms with van der Waals surface area (Å²) in [6.07, 6.45) is 18.8. The van der Waals surface area contributed by atoms with Crippen LogP contribution in [0.15, 0.2) is 30.3 Å². The molecule has 0 bridgehead atoms. The zero-order valence-corrected chi connectivity index (χ0v) is 22.7. The standard InChI is InChI=1S/C29H48O6/c1-6-26(35-27-21-18-25(19-22-27)20-23-28(30)31-2)17-15-13-11-9-7-8-10-12-14-16-24-29(32-3,33-4)34-5/h18-23,26H,6-17,24H2,1-5H3. The lowest BCUT2D eigenvalue weighted by atomic mass is 10.0. The predicted molar refractivity (Wildman–Crippen MR) is 141 cm³/mol. The highest BCUT2D eigenvalue weighted by Crippen LogP contribution is 2.22. The van der Waals surface area contributed by atoms with Gasteiger partial charge in [0.1, 0.15) is 5.75 Å². The van der Waals surface area contributed by atoms with Crippen molar-refractivity contribution in [3.8, 4) is 5.75 Å². The Morgan fingerprint density at radius 3 is 1.80 bits per heavy atom. The number of unbranched alkanes of at least 4 members (excludes halogenated alkanes) is 9. The quantitative estimate of drug-likeness (QED) is 0.0776. The van der Waals surface area contributed by atoms with Crippen molar-refractivity contribution in [3.05, 3.63) is 35.9 Å². The van der Waals surface area contributed by atoms with Crippen LogP contribution in [0.1, 0.15) is 96.0 Å². The zero-order valence-electron chi connectivity index (χ0n) is 22.7. The smallest absolute Gasteiger partial charge is 0.330 e.